The zero-order chi connectivity index (χ0) is 11.4. The Kier molecular flexibility index (Phi) is 3.22. The van der Waals surface area contributed by atoms with Gasteiger partial charge in [-0.3, -0.25) is 0 Å². The van der Waals surface area contributed by atoms with Crippen LogP contribution in [0.1, 0.15) is 6.92 Å². The second kappa shape index (κ2) is 4.41. The second-order valence-corrected chi connectivity index (χ2v) is 2.72. The third-order valence-electron chi connectivity index (χ3n) is 1.81. The Bertz CT molecular complexity index is 406. The van der Waals surface area contributed by atoms with Crippen LogP contribution in [0.5, 0.6) is 0 Å². The maximum Gasteiger partial charge on any atom is 0.333 e. The van der Waals surface area contributed by atoms with Crippen LogP contribution in [-0.4, -0.2) is 33.2 Å². The summed E-state index contributed by atoms with van der Waals surface area (Å²) in [5, 5.41) is 16.5. The number of nitrogens with zero attached hydrogens (tertiary/aromatic N) is 3. The number of aromatic nitrogens is 3. The Hall–Kier alpha value is -2.11. The first kappa shape index (κ1) is 11.0. The van der Waals surface area contributed by atoms with E-state index < -0.39 is 5.97 Å². The van der Waals surface area contributed by atoms with E-state index in [2.05, 4.69) is 16.8 Å². The quantitative estimate of drug-likeness (QED) is 0.450. The van der Waals surface area contributed by atoms with Crippen LogP contribution in [-0.2, 0) is 9.53 Å². The van der Waals surface area contributed by atoms with E-state index in [9.17, 15) is 4.79 Å². The topological polar surface area (TPSA) is 77.2 Å². The van der Waals surface area contributed by atoms with Crippen LogP contribution in [0.4, 0.5) is 0 Å². The lowest BCUT2D eigenvalue weighted by atomic mass is 10.2. The van der Waals surface area contributed by atoms with Gasteiger partial charge in [0.1, 0.15) is 11.5 Å². The molecule has 15 heavy (non-hydrogen) atoms. The summed E-state index contributed by atoms with van der Waals surface area (Å²) in [5.41, 5.74) is 0.299. The zero-order valence-electron chi connectivity index (χ0n) is 8.47. The Morgan fingerprint density at radius 3 is 2.40 bits per heavy atom. The molecule has 0 aromatic carbocycles. The summed E-state index contributed by atoms with van der Waals surface area (Å²) < 4.78 is 4.89. The fraction of sp³-hybridized carbons (Fsp3) is 0.222. The molecule has 0 radical (unpaired) electrons. The van der Waals surface area contributed by atoms with Gasteiger partial charge in [0.05, 0.1) is 25.1 Å². The molecular weight excluding hydrogens is 198 g/mol. The summed E-state index contributed by atoms with van der Waals surface area (Å²) in [7, 11) is 1.40. The summed E-state index contributed by atoms with van der Waals surface area (Å²) in [5.74, 6) is -0.869. The lowest BCUT2D eigenvalue weighted by molar-refractivity contribution is -0.132. The van der Waals surface area contributed by atoms with Crippen molar-refractivity contribution in [3.05, 3.63) is 30.3 Å². The largest absolute Gasteiger partial charge is 0.495 e. The monoisotopic (exact) mass is 209 g/mol. The van der Waals surface area contributed by atoms with Crippen LogP contribution in [0.2, 0.25) is 0 Å². The maximum atomic E-state index is 10.8. The smallest absolute Gasteiger partial charge is 0.333 e. The number of carboxylic acids is 1. The van der Waals surface area contributed by atoms with Gasteiger partial charge in [0.15, 0.2) is 0 Å². The molecular formula is C9H11N3O3. The van der Waals surface area contributed by atoms with Crippen LogP contribution in [0, 0.1) is 0 Å². The number of methoxy groups -OCH3 is 1. The van der Waals surface area contributed by atoms with Gasteiger partial charge < -0.3 is 9.84 Å². The predicted molar refractivity (Wildman–Crippen MR) is 52.7 cm³/mol. The molecule has 0 aliphatic heterocycles. The van der Waals surface area contributed by atoms with E-state index in [4.69, 9.17) is 9.84 Å². The average molecular weight is 209 g/mol. The fourth-order valence-electron chi connectivity index (χ4n) is 1.000. The van der Waals surface area contributed by atoms with E-state index >= 15 is 0 Å². The SMILES string of the molecule is C=C(OC)/C(=C(\C)C(=O)O)n1nccn1. The summed E-state index contributed by atoms with van der Waals surface area (Å²) in [6.07, 6.45) is 2.89. The molecule has 1 aromatic rings. The zero-order valence-corrected chi connectivity index (χ0v) is 8.47. The highest BCUT2D eigenvalue weighted by molar-refractivity contribution is 5.94. The summed E-state index contributed by atoms with van der Waals surface area (Å²) in [6.45, 7) is 5.02. The third kappa shape index (κ3) is 2.22. The molecule has 0 atom stereocenters. The van der Waals surface area contributed by atoms with Crippen molar-refractivity contribution in [3.8, 4) is 0 Å². The maximum absolute atomic E-state index is 10.8. The van der Waals surface area contributed by atoms with Gasteiger partial charge >= 0.3 is 5.97 Å². The van der Waals surface area contributed by atoms with Gasteiger partial charge in [-0.1, -0.05) is 6.58 Å². The number of ether oxygens (including phenoxy) is 1. The molecule has 6 nitrogen and oxygen atoms in total. The van der Waals surface area contributed by atoms with Gasteiger partial charge in [-0.25, -0.2) is 4.79 Å². The second-order valence-electron chi connectivity index (χ2n) is 2.72. The van der Waals surface area contributed by atoms with Crippen molar-refractivity contribution in [2.45, 2.75) is 6.92 Å². The standard InChI is InChI=1S/C9H11N3O3/c1-6(9(13)14)8(7(2)15-3)12-10-4-5-11-12/h4-5H,2H2,1,3H3,(H,13,14)/b8-6-. The molecule has 0 aliphatic carbocycles. The van der Waals surface area contributed by atoms with Crippen molar-refractivity contribution in [2.75, 3.05) is 7.11 Å². The van der Waals surface area contributed by atoms with E-state index in [-0.39, 0.29) is 17.0 Å². The minimum absolute atomic E-state index is 0.0676. The molecule has 0 spiro atoms. The molecule has 0 amide bonds. The van der Waals surface area contributed by atoms with Crippen molar-refractivity contribution >= 4 is 11.7 Å². The van der Waals surface area contributed by atoms with Crippen molar-refractivity contribution in [2.24, 2.45) is 0 Å². The van der Waals surface area contributed by atoms with Crippen LogP contribution >= 0.6 is 0 Å². The molecule has 0 unspecified atom stereocenters. The van der Waals surface area contributed by atoms with E-state index in [0.29, 0.717) is 0 Å². The number of hydrogen-bond donors (Lipinski definition) is 1. The lowest BCUT2D eigenvalue weighted by Gasteiger charge is -2.10. The minimum atomic E-state index is -1.07. The van der Waals surface area contributed by atoms with Crippen LogP contribution in [0.25, 0.3) is 5.70 Å². The van der Waals surface area contributed by atoms with E-state index in [1.807, 2.05) is 0 Å². The summed E-state index contributed by atoms with van der Waals surface area (Å²) >= 11 is 0. The Balaban J connectivity index is 3.27. The molecule has 80 valence electrons. The van der Waals surface area contributed by atoms with Gasteiger partial charge in [0.25, 0.3) is 0 Å². The molecule has 1 N–H and O–H groups in total. The average Bonchev–Trinajstić information content (AvgIpc) is 2.70. The number of allylic oxidation sites excluding steroid dienone is 1. The van der Waals surface area contributed by atoms with Gasteiger partial charge in [-0.05, 0) is 6.92 Å². The Labute approximate surface area is 86.5 Å². The van der Waals surface area contributed by atoms with E-state index in [0.717, 1.165) is 4.80 Å². The number of rotatable bonds is 4. The summed E-state index contributed by atoms with van der Waals surface area (Å²) in [6, 6.07) is 0. The van der Waals surface area contributed by atoms with E-state index in [1.54, 1.807) is 0 Å². The lowest BCUT2D eigenvalue weighted by Crippen LogP contribution is -2.11. The highest BCUT2D eigenvalue weighted by Gasteiger charge is 2.16. The molecule has 0 saturated carbocycles. The number of carbonyl (C=O) groups is 1. The van der Waals surface area contributed by atoms with E-state index in [1.165, 1.54) is 26.4 Å². The molecule has 1 aromatic heterocycles. The van der Waals surface area contributed by atoms with Crippen molar-refractivity contribution in [3.63, 3.8) is 0 Å². The van der Waals surface area contributed by atoms with Crippen molar-refractivity contribution in [1.82, 2.24) is 15.0 Å². The number of hydrogen-bond acceptors (Lipinski definition) is 4. The minimum Gasteiger partial charge on any atom is -0.495 e. The Morgan fingerprint density at radius 1 is 1.47 bits per heavy atom. The molecule has 0 aliphatic rings. The molecule has 1 heterocycles. The van der Waals surface area contributed by atoms with Crippen LogP contribution in [0.15, 0.2) is 30.3 Å². The van der Waals surface area contributed by atoms with Gasteiger partial charge in [-0.15, -0.1) is 4.80 Å². The predicted octanol–water partition coefficient (Wildman–Crippen LogP) is 0.754. The molecule has 6 heteroatoms. The normalized spacial score (nSPS) is 11.9. The highest BCUT2D eigenvalue weighted by atomic mass is 16.5. The fourth-order valence-corrected chi connectivity index (χ4v) is 1.000. The summed E-state index contributed by atoms with van der Waals surface area (Å²) in [4.78, 5) is 12.0. The first-order valence-corrected chi connectivity index (χ1v) is 4.12. The first-order chi connectivity index (χ1) is 7.07. The molecule has 1 rings (SSSR count). The third-order valence-corrected chi connectivity index (χ3v) is 1.81. The van der Waals surface area contributed by atoms with Crippen LogP contribution < -0.4 is 0 Å². The van der Waals surface area contributed by atoms with Gasteiger partial charge in [0, 0.05) is 0 Å². The molecule has 0 bridgehead atoms. The Morgan fingerprint density at radius 2 is 2.00 bits per heavy atom. The number of aliphatic carboxylic acids is 1. The van der Waals surface area contributed by atoms with Crippen molar-refractivity contribution < 1.29 is 14.6 Å². The molecule has 0 saturated heterocycles. The first-order valence-electron chi connectivity index (χ1n) is 4.12. The van der Waals surface area contributed by atoms with Gasteiger partial charge in [0.2, 0.25) is 0 Å². The van der Waals surface area contributed by atoms with Gasteiger partial charge in [-0.2, -0.15) is 10.2 Å². The van der Waals surface area contributed by atoms with Crippen molar-refractivity contribution in [1.29, 1.82) is 0 Å². The highest BCUT2D eigenvalue weighted by Crippen LogP contribution is 2.17. The molecule has 0 fully saturated rings. The number of carboxylic acid groups (broad SMARTS) is 1. The van der Waals surface area contributed by atoms with Crippen LogP contribution in [0.3, 0.4) is 0 Å².